The molecule has 1 aliphatic heterocycles. The predicted octanol–water partition coefficient (Wildman–Crippen LogP) is 4.74. The van der Waals surface area contributed by atoms with Crippen LogP contribution < -0.4 is 0 Å². The molecule has 1 N–H and O–H groups in total. The van der Waals surface area contributed by atoms with E-state index in [0.29, 0.717) is 36.1 Å². The number of aromatic amines is 1. The highest BCUT2D eigenvalue weighted by Crippen LogP contribution is 2.26. The summed E-state index contributed by atoms with van der Waals surface area (Å²) >= 11 is 12.3. The van der Waals surface area contributed by atoms with Crippen LogP contribution in [-0.4, -0.2) is 44.9 Å². The molecule has 1 saturated heterocycles. The zero-order valence-corrected chi connectivity index (χ0v) is 16.5. The van der Waals surface area contributed by atoms with Crippen LogP contribution >= 0.6 is 23.2 Å². The molecule has 2 aromatic carbocycles. The molecular formula is C20H20Cl2N4O. The van der Waals surface area contributed by atoms with E-state index in [-0.39, 0.29) is 12.1 Å². The van der Waals surface area contributed by atoms with Crippen LogP contribution in [0.3, 0.4) is 0 Å². The van der Waals surface area contributed by atoms with Gasteiger partial charge >= 0.3 is 6.03 Å². The molecule has 1 unspecified atom stereocenters. The standard InChI is InChI=1S/C20H20Cl2N4O/c1-2-26-15(9-13-7-8-14(21)10-16(13)22)11-25(20(26)27)12-19-23-17-5-3-4-6-18(17)24-19/h3-8,10,15H,2,9,11-12H2,1H3,(H,23,24). The van der Waals surface area contributed by atoms with E-state index in [1.807, 2.05) is 53.1 Å². The number of aromatic nitrogens is 2. The van der Waals surface area contributed by atoms with Gasteiger partial charge in [0, 0.05) is 23.1 Å². The Morgan fingerprint density at radius 3 is 2.78 bits per heavy atom. The number of fused-ring (bicyclic) bond motifs is 1. The highest BCUT2D eigenvalue weighted by molar-refractivity contribution is 6.35. The predicted molar refractivity (Wildman–Crippen MR) is 108 cm³/mol. The molecule has 140 valence electrons. The van der Waals surface area contributed by atoms with Gasteiger partial charge in [0.25, 0.3) is 0 Å². The highest BCUT2D eigenvalue weighted by Gasteiger charge is 2.36. The molecule has 1 fully saturated rings. The van der Waals surface area contributed by atoms with Gasteiger partial charge in [-0.2, -0.15) is 0 Å². The molecule has 0 aliphatic carbocycles. The third-order valence-electron chi connectivity index (χ3n) is 4.98. The number of urea groups is 1. The lowest BCUT2D eigenvalue weighted by Gasteiger charge is -2.21. The molecule has 2 heterocycles. The second-order valence-electron chi connectivity index (χ2n) is 6.74. The van der Waals surface area contributed by atoms with Gasteiger partial charge in [-0.25, -0.2) is 9.78 Å². The summed E-state index contributed by atoms with van der Waals surface area (Å²) in [6, 6.07) is 13.5. The number of halogens is 2. The maximum absolute atomic E-state index is 12.9. The van der Waals surface area contributed by atoms with Gasteiger partial charge in [0.05, 0.1) is 23.6 Å². The zero-order chi connectivity index (χ0) is 19.0. The number of hydrogen-bond donors (Lipinski definition) is 1. The Hall–Kier alpha value is -2.24. The summed E-state index contributed by atoms with van der Waals surface area (Å²) in [4.78, 5) is 24.5. The molecule has 3 aromatic rings. The van der Waals surface area contributed by atoms with Gasteiger partial charge in [0.15, 0.2) is 0 Å². The van der Waals surface area contributed by atoms with E-state index in [1.165, 1.54) is 0 Å². The third kappa shape index (κ3) is 3.62. The van der Waals surface area contributed by atoms with E-state index in [0.717, 1.165) is 22.4 Å². The maximum atomic E-state index is 12.9. The fourth-order valence-corrected chi connectivity index (χ4v) is 4.16. The van der Waals surface area contributed by atoms with Crippen molar-refractivity contribution in [3.8, 4) is 0 Å². The number of nitrogens with zero attached hydrogens (tertiary/aromatic N) is 3. The number of imidazole rings is 1. The molecule has 4 rings (SSSR count). The summed E-state index contributed by atoms with van der Waals surface area (Å²) in [6.45, 7) is 3.77. The highest BCUT2D eigenvalue weighted by atomic mass is 35.5. The van der Waals surface area contributed by atoms with Crippen molar-refractivity contribution in [2.45, 2.75) is 25.9 Å². The van der Waals surface area contributed by atoms with Crippen molar-refractivity contribution < 1.29 is 4.79 Å². The Morgan fingerprint density at radius 1 is 1.22 bits per heavy atom. The van der Waals surface area contributed by atoms with Crippen LogP contribution in [0.25, 0.3) is 11.0 Å². The quantitative estimate of drug-likeness (QED) is 0.669. The lowest BCUT2D eigenvalue weighted by molar-refractivity contribution is 0.186. The monoisotopic (exact) mass is 402 g/mol. The number of likely N-dealkylation sites (N-methyl/N-ethyl adjacent to an activating group) is 1. The molecule has 1 aliphatic rings. The largest absolute Gasteiger partial charge is 0.340 e. The van der Waals surface area contributed by atoms with Gasteiger partial charge in [-0.1, -0.05) is 41.4 Å². The van der Waals surface area contributed by atoms with E-state index < -0.39 is 0 Å². The summed E-state index contributed by atoms with van der Waals surface area (Å²) in [5.41, 5.74) is 2.90. The first-order chi connectivity index (χ1) is 13.0. The molecule has 2 amide bonds. The fraction of sp³-hybridized carbons (Fsp3) is 0.300. The lowest BCUT2D eigenvalue weighted by atomic mass is 10.1. The molecular weight excluding hydrogens is 383 g/mol. The summed E-state index contributed by atoms with van der Waals surface area (Å²) in [6.07, 6.45) is 0.701. The SMILES string of the molecule is CCN1C(=O)N(Cc2nc3ccccc3[nH]2)CC1Cc1ccc(Cl)cc1Cl. The average molecular weight is 403 g/mol. The molecule has 0 radical (unpaired) electrons. The number of carbonyl (C=O) groups is 1. The van der Waals surface area contributed by atoms with Crippen molar-refractivity contribution in [2.24, 2.45) is 0 Å². The molecule has 5 nitrogen and oxygen atoms in total. The van der Waals surface area contributed by atoms with Crippen molar-refractivity contribution in [2.75, 3.05) is 13.1 Å². The van der Waals surface area contributed by atoms with Gasteiger partial charge in [-0.15, -0.1) is 0 Å². The fourth-order valence-electron chi connectivity index (χ4n) is 3.67. The van der Waals surface area contributed by atoms with Crippen LogP contribution in [0.1, 0.15) is 18.3 Å². The van der Waals surface area contributed by atoms with Crippen LogP contribution in [0, 0.1) is 0 Å². The average Bonchev–Trinajstić information content (AvgIpc) is 3.18. The smallest absolute Gasteiger partial charge is 0.320 e. The second-order valence-corrected chi connectivity index (χ2v) is 7.59. The molecule has 0 saturated carbocycles. The van der Waals surface area contributed by atoms with Crippen molar-refractivity contribution >= 4 is 40.3 Å². The van der Waals surface area contributed by atoms with Crippen LogP contribution in [0.4, 0.5) is 4.79 Å². The number of rotatable bonds is 5. The topological polar surface area (TPSA) is 52.2 Å². The molecule has 27 heavy (non-hydrogen) atoms. The Bertz CT molecular complexity index is 954. The van der Waals surface area contributed by atoms with Crippen LogP contribution in [-0.2, 0) is 13.0 Å². The molecule has 7 heteroatoms. The van der Waals surface area contributed by atoms with E-state index >= 15 is 0 Å². The first-order valence-electron chi connectivity index (χ1n) is 8.98. The van der Waals surface area contributed by atoms with Gasteiger partial charge < -0.3 is 14.8 Å². The Morgan fingerprint density at radius 2 is 2.04 bits per heavy atom. The lowest BCUT2D eigenvalue weighted by Crippen LogP contribution is -2.35. The maximum Gasteiger partial charge on any atom is 0.320 e. The van der Waals surface area contributed by atoms with Crippen LogP contribution in [0.5, 0.6) is 0 Å². The number of H-pyrrole nitrogens is 1. The first-order valence-corrected chi connectivity index (χ1v) is 9.74. The third-order valence-corrected chi connectivity index (χ3v) is 5.57. The molecule has 1 aromatic heterocycles. The van der Waals surface area contributed by atoms with Crippen molar-refractivity contribution in [3.63, 3.8) is 0 Å². The van der Waals surface area contributed by atoms with E-state index in [2.05, 4.69) is 9.97 Å². The summed E-state index contributed by atoms with van der Waals surface area (Å²) < 4.78 is 0. The first kappa shape index (κ1) is 18.1. The summed E-state index contributed by atoms with van der Waals surface area (Å²) in [5, 5.41) is 1.26. The minimum absolute atomic E-state index is 0.0352. The molecule has 0 bridgehead atoms. The Kier molecular flexibility index (Phi) is 4.98. The number of nitrogens with one attached hydrogen (secondary N) is 1. The summed E-state index contributed by atoms with van der Waals surface area (Å²) in [5.74, 6) is 0.797. The van der Waals surface area contributed by atoms with E-state index in [4.69, 9.17) is 23.2 Å². The number of hydrogen-bond acceptors (Lipinski definition) is 2. The van der Waals surface area contributed by atoms with Crippen LogP contribution in [0.15, 0.2) is 42.5 Å². The van der Waals surface area contributed by atoms with E-state index in [1.54, 1.807) is 6.07 Å². The van der Waals surface area contributed by atoms with E-state index in [9.17, 15) is 4.79 Å². The number of para-hydroxylation sites is 2. The van der Waals surface area contributed by atoms with Gasteiger partial charge in [0.1, 0.15) is 5.82 Å². The second kappa shape index (κ2) is 7.41. The van der Waals surface area contributed by atoms with Gasteiger partial charge in [-0.3, -0.25) is 0 Å². The molecule has 1 atom stereocenters. The zero-order valence-electron chi connectivity index (χ0n) is 15.0. The summed E-state index contributed by atoms with van der Waals surface area (Å²) in [7, 11) is 0. The van der Waals surface area contributed by atoms with Gasteiger partial charge in [-0.05, 0) is 43.2 Å². The normalized spacial score (nSPS) is 17.3. The van der Waals surface area contributed by atoms with Crippen molar-refractivity contribution in [1.82, 2.24) is 19.8 Å². The minimum atomic E-state index is 0.0352. The van der Waals surface area contributed by atoms with Crippen molar-refractivity contribution in [1.29, 1.82) is 0 Å². The minimum Gasteiger partial charge on any atom is -0.340 e. The van der Waals surface area contributed by atoms with Gasteiger partial charge in [0.2, 0.25) is 0 Å². The number of carbonyl (C=O) groups excluding carboxylic acids is 1. The number of amides is 2. The number of benzene rings is 2. The Balaban J connectivity index is 1.52. The van der Waals surface area contributed by atoms with Crippen molar-refractivity contribution in [3.05, 3.63) is 63.9 Å². The van der Waals surface area contributed by atoms with Crippen LogP contribution in [0.2, 0.25) is 10.0 Å². The Labute approximate surface area is 167 Å². The molecule has 0 spiro atoms.